The third-order valence-corrected chi connectivity index (χ3v) is 2.45. The van der Waals surface area contributed by atoms with Gasteiger partial charge in [0.25, 0.3) is 0 Å². The molecule has 0 spiro atoms. The molecule has 2 atom stereocenters. The monoisotopic (exact) mass is 244 g/mol. The van der Waals surface area contributed by atoms with Gasteiger partial charge in [0.15, 0.2) is 0 Å². The van der Waals surface area contributed by atoms with Crippen LogP contribution in [0.2, 0.25) is 0 Å². The lowest BCUT2D eigenvalue weighted by Gasteiger charge is -2.15. The van der Waals surface area contributed by atoms with Crippen molar-refractivity contribution in [1.29, 1.82) is 0 Å². The van der Waals surface area contributed by atoms with Crippen LogP contribution >= 0.6 is 23.2 Å². The minimum atomic E-state index is -0.671. The van der Waals surface area contributed by atoms with Crippen molar-refractivity contribution in [1.82, 2.24) is 0 Å². The molecule has 3 nitrogen and oxygen atoms in total. The van der Waals surface area contributed by atoms with Crippen LogP contribution in [0.4, 0.5) is 0 Å². The van der Waals surface area contributed by atoms with Crippen molar-refractivity contribution < 1.29 is 14.6 Å². The van der Waals surface area contributed by atoms with Gasteiger partial charge < -0.3 is 14.6 Å². The zero-order chi connectivity index (χ0) is 11.0. The Morgan fingerprint density at radius 1 is 1.00 bits per heavy atom. The molecule has 1 N–H and O–H groups in total. The van der Waals surface area contributed by atoms with Gasteiger partial charge in [0, 0.05) is 0 Å². The maximum Gasteiger partial charge on any atom is 0.131 e. The molecular weight excluding hydrogens is 227 g/mol. The predicted octanol–water partition coefficient (Wildman–Crippen LogP) is 2.33. The van der Waals surface area contributed by atoms with Crippen LogP contribution in [0.15, 0.2) is 0 Å². The second kappa shape index (κ2) is 8.74. The SMILES string of the molecule is CCC(Cl)OCC(O)COC(Cl)CC. The van der Waals surface area contributed by atoms with Crippen LogP contribution < -0.4 is 0 Å². The zero-order valence-electron chi connectivity index (χ0n) is 8.58. The molecule has 0 aromatic rings. The molecule has 0 aliphatic rings. The molecule has 0 aromatic carbocycles. The van der Waals surface area contributed by atoms with E-state index in [9.17, 15) is 5.11 Å². The molecule has 5 heteroatoms. The smallest absolute Gasteiger partial charge is 0.131 e. The molecular formula is C9H18Cl2O3. The lowest BCUT2D eigenvalue weighted by molar-refractivity contribution is -0.0339. The fourth-order valence-electron chi connectivity index (χ4n) is 0.715. The Labute approximate surface area is 95.3 Å². The highest BCUT2D eigenvalue weighted by Crippen LogP contribution is 2.06. The maximum atomic E-state index is 9.37. The Bertz CT molecular complexity index is 121. The highest BCUT2D eigenvalue weighted by Gasteiger charge is 2.10. The summed E-state index contributed by atoms with van der Waals surface area (Å²) >= 11 is 11.4. The highest BCUT2D eigenvalue weighted by atomic mass is 35.5. The first-order valence-corrected chi connectivity index (χ1v) is 5.66. The second-order valence-electron chi connectivity index (χ2n) is 2.96. The molecule has 14 heavy (non-hydrogen) atoms. The number of halogens is 2. The Morgan fingerprint density at radius 3 is 1.64 bits per heavy atom. The van der Waals surface area contributed by atoms with Crippen LogP contribution in [0.1, 0.15) is 26.7 Å². The average molecular weight is 245 g/mol. The van der Waals surface area contributed by atoms with Crippen molar-refractivity contribution in [2.24, 2.45) is 0 Å². The normalized spacial score (nSPS) is 17.8. The summed E-state index contributed by atoms with van der Waals surface area (Å²) in [7, 11) is 0. The van der Waals surface area contributed by atoms with E-state index in [-0.39, 0.29) is 24.3 Å². The quantitative estimate of drug-likeness (QED) is 0.667. The van der Waals surface area contributed by atoms with Gasteiger partial charge in [-0.05, 0) is 12.8 Å². The number of alkyl halides is 2. The first-order chi connectivity index (χ1) is 6.60. The fourth-order valence-corrected chi connectivity index (χ4v) is 0.860. The first kappa shape index (κ1) is 14.5. The maximum absolute atomic E-state index is 9.37. The molecule has 0 aromatic heterocycles. The Balaban J connectivity index is 3.40. The number of hydrogen-bond acceptors (Lipinski definition) is 3. The van der Waals surface area contributed by atoms with Gasteiger partial charge in [-0.15, -0.1) is 0 Å². The second-order valence-corrected chi connectivity index (χ2v) is 3.93. The van der Waals surface area contributed by atoms with Crippen molar-refractivity contribution in [2.75, 3.05) is 13.2 Å². The molecule has 0 rings (SSSR count). The standard InChI is InChI=1S/C9H18Cl2O3/c1-3-8(10)13-5-7(12)6-14-9(11)4-2/h7-9,12H,3-6H2,1-2H3. The van der Waals surface area contributed by atoms with E-state index in [0.29, 0.717) is 12.8 Å². The molecule has 86 valence electrons. The average Bonchev–Trinajstić information content (AvgIpc) is 2.22. The van der Waals surface area contributed by atoms with E-state index < -0.39 is 6.10 Å². The van der Waals surface area contributed by atoms with Crippen LogP contribution in [0.25, 0.3) is 0 Å². The number of aliphatic hydroxyl groups is 1. The summed E-state index contributed by atoms with van der Waals surface area (Å²) in [5, 5.41) is 9.37. The van der Waals surface area contributed by atoms with E-state index in [2.05, 4.69) is 0 Å². The third-order valence-electron chi connectivity index (χ3n) is 1.58. The third kappa shape index (κ3) is 7.83. The summed E-state index contributed by atoms with van der Waals surface area (Å²) in [4.78, 5) is 0. The fraction of sp³-hybridized carbons (Fsp3) is 1.00. The van der Waals surface area contributed by atoms with Gasteiger partial charge in [-0.3, -0.25) is 0 Å². The van der Waals surface area contributed by atoms with E-state index in [4.69, 9.17) is 32.7 Å². The Kier molecular flexibility index (Phi) is 9.03. The van der Waals surface area contributed by atoms with Gasteiger partial charge >= 0.3 is 0 Å². The van der Waals surface area contributed by atoms with Crippen LogP contribution in [-0.2, 0) is 9.47 Å². The minimum Gasteiger partial charge on any atom is -0.388 e. The van der Waals surface area contributed by atoms with Gasteiger partial charge in [-0.2, -0.15) is 0 Å². The van der Waals surface area contributed by atoms with Crippen molar-refractivity contribution in [3.05, 3.63) is 0 Å². The van der Waals surface area contributed by atoms with Crippen LogP contribution in [0.3, 0.4) is 0 Å². The molecule has 2 unspecified atom stereocenters. The summed E-state index contributed by atoms with van der Waals surface area (Å²) in [6.45, 7) is 4.17. The van der Waals surface area contributed by atoms with Gasteiger partial charge in [0.1, 0.15) is 17.2 Å². The number of rotatable bonds is 8. The summed E-state index contributed by atoms with van der Waals surface area (Å²) < 4.78 is 10.2. The van der Waals surface area contributed by atoms with E-state index in [1.54, 1.807) is 0 Å². The molecule has 0 fully saturated rings. The molecule has 0 radical (unpaired) electrons. The largest absolute Gasteiger partial charge is 0.388 e. The van der Waals surface area contributed by atoms with Gasteiger partial charge in [-0.1, -0.05) is 37.0 Å². The van der Waals surface area contributed by atoms with Crippen molar-refractivity contribution in [2.45, 2.75) is 43.9 Å². The lowest BCUT2D eigenvalue weighted by atomic mass is 10.4. The highest BCUT2D eigenvalue weighted by molar-refractivity contribution is 6.19. The van der Waals surface area contributed by atoms with Crippen LogP contribution in [-0.4, -0.2) is 35.6 Å². The minimum absolute atomic E-state index is 0.176. The molecule has 0 amide bonds. The van der Waals surface area contributed by atoms with Crippen LogP contribution in [0, 0.1) is 0 Å². The summed E-state index contributed by atoms with van der Waals surface area (Å²) in [5.74, 6) is 0. The van der Waals surface area contributed by atoms with Gasteiger partial charge in [0.05, 0.1) is 13.2 Å². The summed E-state index contributed by atoms with van der Waals surface area (Å²) in [6, 6.07) is 0. The molecule has 0 saturated carbocycles. The zero-order valence-corrected chi connectivity index (χ0v) is 10.1. The number of aliphatic hydroxyl groups excluding tert-OH is 1. The summed E-state index contributed by atoms with van der Waals surface area (Å²) in [6.07, 6.45) is 0.750. The Hall–Kier alpha value is 0.460. The molecule has 0 heterocycles. The van der Waals surface area contributed by atoms with E-state index in [1.807, 2.05) is 13.8 Å². The first-order valence-electron chi connectivity index (χ1n) is 4.79. The Morgan fingerprint density at radius 2 is 1.36 bits per heavy atom. The van der Waals surface area contributed by atoms with Gasteiger partial charge in [-0.25, -0.2) is 0 Å². The van der Waals surface area contributed by atoms with Crippen molar-refractivity contribution in [3.8, 4) is 0 Å². The predicted molar refractivity (Wildman–Crippen MR) is 57.8 cm³/mol. The molecule has 0 aliphatic carbocycles. The molecule has 0 bridgehead atoms. The lowest BCUT2D eigenvalue weighted by Crippen LogP contribution is -2.25. The van der Waals surface area contributed by atoms with Crippen LogP contribution in [0.5, 0.6) is 0 Å². The van der Waals surface area contributed by atoms with Crippen molar-refractivity contribution >= 4 is 23.2 Å². The van der Waals surface area contributed by atoms with Crippen molar-refractivity contribution in [3.63, 3.8) is 0 Å². The number of hydrogen-bond donors (Lipinski definition) is 1. The van der Waals surface area contributed by atoms with E-state index in [0.717, 1.165) is 0 Å². The molecule has 0 saturated heterocycles. The van der Waals surface area contributed by atoms with Gasteiger partial charge in [0.2, 0.25) is 0 Å². The van der Waals surface area contributed by atoms with E-state index >= 15 is 0 Å². The summed E-state index contributed by atoms with van der Waals surface area (Å²) in [5.41, 5.74) is -0.690. The number of ether oxygens (including phenoxy) is 2. The molecule has 0 aliphatic heterocycles. The van der Waals surface area contributed by atoms with E-state index in [1.165, 1.54) is 0 Å². The topological polar surface area (TPSA) is 38.7 Å².